The molecule has 5 nitrogen and oxygen atoms in total. The summed E-state index contributed by atoms with van der Waals surface area (Å²) in [6, 6.07) is 7.73. The van der Waals surface area contributed by atoms with Gasteiger partial charge in [0.1, 0.15) is 11.9 Å². The van der Waals surface area contributed by atoms with Crippen LogP contribution in [-0.4, -0.2) is 9.97 Å². The molecule has 0 atom stereocenters. The maximum Gasteiger partial charge on any atom is 0.158 e. The molecule has 5 heteroatoms. The van der Waals surface area contributed by atoms with Crippen molar-refractivity contribution in [2.24, 2.45) is 0 Å². The third kappa shape index (κ3) is 2.55. The molecular weight excluding hydrogens is 226 g/mol. The molecule has 3 N–H and O–H groups in total. The van der Waals surface area contributed by atoms with Gasteiger partial charge in [0.2, 0.25) is 0 Å². The van der Waals surface area contributed by atoms with Crippen LogP contribution in [0.1, 0.15) is 16.8 Å². The average molecular weight is 239 g/mol. The monoisotopic (exact) mass is 239 g/mol. The summed E-state index contributed by atoms with van der Waals surface area (Å²) in [5.41, 5.74) is 9.09. The molecule has 0 saturated carbocycles. The van der Waals surface area contributed by atoms with Gasteiger partial charge in [-0.25, -0.2) is 9.97 Å². The van der Waals surface area contributed by atoms with Crippen molar-refractivity contribution >= 4 is 11.5 Å². The first-order chi connectivity index (χ1) is 8.70. The number of nitrogen functional groups attached to an aromatic ring is 1. The third-order valence-corrected chi connectivity index (χ3v) is 2.71. The first-order valence-electron chi connectivity index (χ1n) is 5.50. The zero-order valence-corrected chi connectivity index (χ0v) is 10.0. The predicted octanol–water partition coefficient (Wildman–Crippen LogP) is 1.85. The fraction of sp³-hybridized carbons (Fsp3) is 0.154. The van der Waals surface area contributed by atoms with Gasteiger partial charge in [0.15, 0.2) is 5.69 Å². The summed E-state index contributed by atoms with van der Waals surface area (Å²) in [6.45, 7) is 2.61. The number of nitrogens with zero attached hydrogens (tertiary/aromatic N) is 3. The Hall–Kier alpha value is -2.61. The molecule has 0 radical (unpaired) electrons. The number of anilines is 2. The van der Waals surface area contributed by atoms with Crippen molar-refractivity contribution in [1.29, 1.82) is 5.26 Å². The van der Waals surface area contributed by atoms with Crippen molar-refractivity contribution < 1.29 is 0 Å². The van der Waals surface area contributed by atoms with Crippen LogP contribution in [0, 0.1) is 18.3 Å². The van der Waals surface area contributed by atoms with Crippen LogP contribution in [-0.2, 0) is 6.54 Å². The van der Waals surface area contributed by atoms with Gasteiger partial charge in [-0.15, -0.1) is 0 Å². The van der Waals surface area contributed by atoms with Crippen molar-refractivity contribution in [1.82, 2.24) is 9.97 Å². The molecule has 0 bridgehead atoms. The Balaban J connectivity index is 2.07. The standard InChI is InChI=1S/C13H13N5/c1-9-10(3-2-4-12(9)15)6-17-13-8-16-11(5-14)7-18-13/h2-4,7-8H,6,15H2,1H3,(H,17,18). The molecule has 0 unspecified atom stereocenters. The number of nitrogens with two attached hydrogens (primary N) is 1. The number of nitrogens with one attached hydrogen (secondary N) is 1. The van der Waals surface area contributed by atoms with E-state index in [4.69, 9.17) is 11.0 Å². The lowest BCUT2D eigenvalue weighted by Gasteiger charge is -2.09. The largest absolute Gasteiger partial charge is 0.399 e. The van der Waals surface area contributed by atoms with Crippen LogP contribution >= 0.6 is 0 Å². The second-order valence-electron chi connectivity index (χ2n) is 3.88. The zero-order valence-electron chi connectivity index (χ0n) is 10.0. The summed E-state index contributed by atoms with van der Waals surface area (Å²) in [6.07, 6.45) is 2.98. The highest BCUT2D eigenvalue weighted by molar-refractivity contribution is 5.51. The molecule has 0 fully saturated rings. The van der Waals surface area contributed by atoms with Crippen LogP contribution < -0.4 is 11.1 Å². The summed E-state index contributed by atoms with van der Waals surface area (Å²) >= 11 is 0. The first-order valence-corrected chi connectivity index (χ1v) is 5.50. The van der Waals surface area contributed by atoms with E-state index >= 15 is 0 Å². The highest BCUT2D eigenvalue weighted by Crippen LogP contribution is 2.16. The van der Waals surface area contributed by atoms with Crippen LogP contribution in [0.4, 0.5) is 11.5 Å². The summed E-state index contributed by atoms with van der Waals surface area (Å²) in [5.74, 6) is 0.635. The number of hydrogen-bond acceptors (Lipinski definition) is 5. The Kier molecular flexibility index (Phi) is 3.39. The smallest absolute Gasteiger partial charge is 0.158 e. The van der Waals surface area contributed by atoms with Crippen molar-refractivity contribution in [2.45, 2.75) is 13.5 Å². The van der Waals surface area contributed by atoms with Crippen LogP contribution in [0.25, 0.3) is 0 Å². The molecule has 0 amide bonds. The van der Waals surface area contributed by atoms with Crippen LogP contribution in [0.2, 0.25) is 0 Å². The maximum absolute atomic E-state index is 8.62. The molecule has 2 aromatic rings. The molecule has 0 saturated heterocycles. The van der Waals surface area contributed by atoms with Crippen LogP contribution in [0.15, 0.2) is 30.6 Å². The van der Waals surface area contributed by atoms with E-state index in [1.807, 2.05) is 31.2 Å². The van der Waals surface area contributed by atoms with Gasteiger partial charge in [0.25, 0.3) is 0 Å². The van der Waals surface area contributed by atoms with Crippen LogP contribution in [0.5, 0.6) is 0 Å². The Morgan fingerprint density at radius 2 is 2.17 bits per heavy atom. The second-order valence-corrected chi connectivity index (χ2v) is 3.88. The molecule has 18 heavy (non-hydrogen) atoms. The van der Waals surface area contributed by atoms with Crippen molar-refractivity contribution in [3.63, 3.8) is 0 Å². The fourth-order valence-corrected chi connectivity index (χ4v) is 1.56. The number of rotatable bonds is 3. The predicted molar refractivity (Wildman–Crippen MR) is 69.7 cm³/mol. The summed E-state index contributed by atoms with van der Waals surface area (Å²) in [4.78, 5) is 8.03. The highest BCUT2D eigenvalue weighted by atomic mass is 15.0. The first kappa shape index (κ1) is 11.9. The van der Waals surface area contributed by atoms with E-state index in [0.29, 0.717) is 18.1 Å². The Morgan fingerprint density at radius 3 is 2.83 bits per heavy atom. The lowest BCUT2D eigenvalue weighted by atomic mass is 10.1. The van der Waals surface area contributed by atoms with Crippen molar-refractivity contribution in [2.75, 3.05) is 11.1 Å². The highest BCUT2D eigenvalue weighted by Gasteiger charge is 2.02. The lowest BCUT2D eigenvalue weighted by molar-refractivity contribution is 1.06. The van der Waals surface area contributed by atoms with Gasteiger partial charge >= 0.3 is 0 Å². The SMILES string of the molecule is Cc1c(N)cccc1CNc1cnc(C#N)cn1. The molecule has 1 heterocycles. The minimum Gasteiger partial charge on any atom is -0.399 e. The lowest BCUT2D eigenvalue weighted by Crippen LogP contribution is -2.05. The van der Waals surface area contributed by atoms with E-state index in [2.05, 4.69) is 15.3 Å². The zero-order chi connectivity index (χ0) is 13.0. The van der Waals surface area contributed by atoms with Crippen LogP contribution in [0.3, 0.4) is 0 Å². The minimum atomic E-state index is 0.306. The van der Waals surface area contributed by atoms with Gasteiger partial charge < -0.3 is 11.1 Å². The normalized spacial score (nSPS) is 9.78. The van der Waals surface area contributed by atoms with E-state index in [0.717, 1.165) is 16.8 Å². The van der Waals surface area contributed by atoms with Gasteiger partial charge in [-0.3, -0.25) is 0 Å². The fourth-order valence-electron chi connectivity index (χ4n) is 1.56. The third-order valence-electron chi connectivity index (χ3n) is 2.71. The number of benzene rings is 1. The molecule has 0 aliphatic carbocycles. The van der Waals surface area contributed by atoms with Gasteiger partial charge in [-0.2, -0.15) is 5.26 Å². The minimum absolute atomic E-state index is 0.306. The Morgan fingerprint density at radius 1 is 1.33 bits per heavy atom. The second kappa shape index (κ2) is 5.15. The van der Waals surface area contributed by atoms with Gasteiger partial charge in [-0.1, -0.05) is 12.1 Å². The molecule has 1 aromatic carbocycles. The van der Waals surface area contributed by atoms with Gasteiger partial charge in [0, 0.05) is 12.2 Å². The van der Waals surface area contributed by atoms with Crippen molar-refractivity contribution in [3.05, 3.63) is 47.4 Å². The Labute approximate surface area is 105 Å². The number of hydrogen-bond donors (Lipinski definition) is 2. The van der Waals surface area contributed by atoms with E-state index in [-0.39, 0.29) is 0 Å². The number of nitriles is 1. The van der Waals surface area contributed by atoms with E-state index in [1.54, 1.807) is 6.20 Å². The summed E-state index contributed by atoms with van der Waals surface area (Å²) in [7, 11) is 0. The average Bonchev–Trinajstić information content (AvgIpc) is 2.41. The van der Waals surface area contributed by atoms with Crippen molar-refractivity contribution in [3.8, 4) is 6.07 Å². The molecular formula is C13H13N5. The van der Waals surface area contributed by atoms with Gasteiger partial charge in [0.05, 0.1) is 12.4 Å². The molecule has 1 aromatic heterocycles. The topological polar surface area (TPSA) is 87.6 Å². The molecule has 0 aliphatic rings. The summed E-state index contributed by atoms with van der Waals surface area (Å²) < 4.78 is 0. The van der Waals surface area contributed by atoms with E-state index < -0.39 is 0 Å². The molecule has 90 valence electrons. The maximum atomic E-state index is 8.62. The Bertz CT molecular complexity index is 583. The molecule has 0 aliphatic heterocycles. The summed E-state index contributed by atoms with van der Waals surface area (Å²) in [5, 5.41) is 11.8. The van der Waals surface area contributed by atoms with E-state index in [9.17, 15) is 0 Å². The molecule has 2 rings (SSSR count). The van der Waals surface area contributed by atoms with E-state index in [1.165, 1.54) is 6.20 Å². The van der Waals surface area contributed by atoms with Gasteiger partial charge in [-0.05, 0) is 24.1 Å². The molecule has 0 spiro atoms. The number of aromatic nitrogens is 2. The quantitative estimate of drug-likeness (QED) is 0.798.